The molecule has 1 atom stereocenters. The molecule has 1 saturated heterocycles. The van der Waals surface area contributed by atoms with E-state index in [0.717, 1.165) is 32.1 Å². The molecule has 1 aromatic rings. The lowest BCUT2D eigenvalue weighted by Gasteiger charge is -2.36. The van der Waals surface area contributed by atoms with Crippen LogP contribution in [0.1, 0.15) is 23.2 Å². The minimum atomic E-state index is -0.499. The third-order valence-corrected chi connectivity index (χ3v) is 3.79. The Morgan fingerprint density at radius 2 is 2.35 bits per heavy atom. The number of likely N-dealkylation sites (tertiary alicyclic amines) is 1. The van der Waals surface area contributed by atoms with Crippen LogP contribution in [0.3, 0.4) is 0 Å². The molecular formula is C14H21FN4O. The molecule has 0 spiro atoms. The summed E-state index contributed by atoms with van der Waals surface area (Å²) in [6, 6.07) is 1.40. The number of carbonyl (C=O) groups is 1. The van der Waals surface area contributed by atoms with Crippen molar-refractivity contribution in [2.75, 3.05) is 39.5 Å². The number of halogens is 1. The van der Waals surface area contributed by atoms with Gasteiger partial charge >= 0.3 is 0 Å². The van der Waals surface area contributed by atoms with E-state index in [-0.39, 0.29) is 17.5 Å². The Labute approximate surface area is 118 Å². The lowest BCUT2D eigenvalue weighted by atomic mass is 10.0. The third-order valence-electron chi connectivity index (χ3n) is 3.79. The van der Waals surface area contributed by atoms with Gasteiger partial charge < -0.3 is 15.1 Å². The van der Waals surface area contributed by atoms with Gasteiger partial charge in [0.1, 0.15) is 11.6 Å². The predicted octanol–water partition coefficient (Wildman–Crippen LogP) is 1.43. The van der Waals surface area contributed by atoms with E-state index in [2.05, 4.69) is 15.2 Å². The fourth-order valence-electron chi connectivity index (χ4n) is 2.61. The van der Waals surface area contributed by atoms with Crippen LogP contribution in [0, 0.1) is 5.82 Å². The molecule has 1 amide bonds. The molecule has 6 heteroatoms. The van der Waals surface area contributed by atoms with Gasteiger partial charge in [-0.05, 0) is 32.5 Å². The van der Waals surface area contributed by atoms with E-state index in [1.165, 1.54) is 6.07 Å². The standard InChI is InChI=1S/C14H21FN4O/c1-16-13-12(7-10(15)8-17-13)14(20)19(3)11-5-4-6-18(2)9-11/h7-8,11H,4-6,9H2,1-3H3,(H,16,17). The number of rotatable bonds is 3. The second-order valence-electron chi connectivity index (χ2n) is 5.27. The van der Waals surface area contributed by atoms with Crippen LogP contribution in [0.15, 0.2) is 12.3 Å². The van der Waals surface area contributed by atoms with E-state index in [4.69, 9.17) is 0 Å². The number of anilines is 1. The van der Waals surface area contributed by atoms with Crippen molar-refractivity contribution < 1.29 is 9.18 Å². The van der Waals surface area contributed by atoms with Crippen LogP contribution in [0.2, 0.25) is 0 Å². The van der Waals surface area contributed by atoms with E-state index in [1.54, 1.807) is 19.0 Å². The van der Waals surface area contributed by atoms with Gasteiger partial charge in [0.25, 0.3) is 5.91 Å². The largest absolute Gasteiger partial charge is 0.372 e. The van der Waals surface area contributed by atoms with Crippen LogP contribution in [-0.2, 0) is 0 Å². The van der Waals surface area contributed by atoms with Gasteiger partial charge in [0.05, 0.1) is 11.8 Å². The number of nitrogens with zero attached hydrogens (tertiary/aromatic N) is 3. The summed E-state index contributed by atoms with van der Waals surface area (Å²) >= 11 is 0. The molecule has 0 bridgehead atoms. The van der Waals surface area contributed by atoms with Crippen molar-refractivity contribution in [3.05, 3.63) is 23.6 Å². The number of piperidine rings is 1. The Kier molecular flexibility index (Phi) is 4.54. The topological polar surface area (TPSA) is 48.5 Å². The molecule has 5 nitrogen and oxygen atoms in total. The van der Waals surface area contributed by atoms with Gasteiger partial charge in [-0.2, -0.15) is 0 Å². The molecule has 0 saturated carbocycles. The molecule has 2 rings (SSSR count). The SMILES string of the molecule is CNc1ncc(F)cc1C(=O)N(C)C1CCCN(C)C1. The number of hydrogen-bond donors (Lipinski definition) is 1. The van der Waals surface area contributed by atoms with Crippen LogP contribution in [0.4, 0.5) is 10.2 Å². The van der Waals surface area contributed by atoms with Gasteiger partial charge in [-0.15, -0.1) is 0 Å². The first kappa shape index (κ1) is 14.7. The van der Waals surface area contributed by atoms with Gasteiger partial charge in [0.2, 0.25) is 0 Å². The lowest BCUT2D eigenvalue weighted by molar-refractivity contribution is 0.0644. The van der Waals surface area contributed by atoms with E-state index in [1.807, 2.05) is 7.05 Å². The van der Waals surface area contributed by atoms with Crippen LogP contribution in [-0.4, -0.2) is 61.0 Å². The van der Waals surface area contributed by atoms with Crippen molar-refractivity contribution in [3.8, 4) is 0 Å². The van der Waals surface area contributed by atoms with Crippen molar-refractivity contribution in [2.45, 2.75) is 18.9 Å². The van der Waals surface area contributed by atoms with Gasteiger partial charge in [0.15, 0.2) is 0 Å². The van der Waals surface area contributed by atoms with Crippen molar-refractivity contribution in [1.82, 2.24) is 14.8 Å². The fourth-order valence-corrected chi connectivity index (χ4v) is 2.61. The van der Waals surface area contributed by atoms with E-state index in [0.29, 0.717) is 5.82 Å². The molecule has 20 heavy (non-hydrogen) atoms. The number of likely N-dealkylation sites (N-methyl/N-ethyl adjacent to an activating group) is 2. The zero-order valence-corrected chi connectivity index (χ0v) is 12.2. The molecule has 2 heterocycles. The number of amides is 1. The summed E-state index contributed by atoms with van der Waals surface area (Å²) in [5.41, 5.74) is 0.281. The number of carbonyl (C=O) groups excluding carboxylic acids is 1. The normalized spacial score (nSPS) is 19.7. The Bertz CT molecular complexity index is 494. The van der Waals surface area contributed by atoms with Gasteiger partial charge in [-0.25, -0.2) is 9.37 Å². The minimum Gasteiger partial charge on any atom is -0.372 e. The Hall–Kier alpha value is -1.69. The fraction of sp³-hybridized carbons (Fsp3) is 0.571. The molecule has 1 fully saturated rings. The van der Waals surface area contributed by atoms with Gasteiger partial charge in [-0.1, -0.05) is 0 Å². The second kappa shape index (κ2) is 6.17. The van der Waals surface area contributed by atoms with Crippen LogP contribution >= 0.6 is 0 Å². The summed E-state index contributed by atoms with van der Waals surface area (Å²) in [6.07, 6.45) is 3.15. The average molecular weight is 280 g/mol. The zero-order valence-electron chi connectivity index (χ0n) is 12.2. The maximum absolute atomic E-state index is 13.3. The number of nitrogens with one attached hydrogen (secondary N) is 1. The van der Waals surface area contributed by atoms with Crippen molar-refractivity contribution >= 4 is 11.7 Å². The molecule has 110 valence electrons. The summed E-state index contributed by atoms with van der Waals surface area (Å²) in [6.45, 7) is 1.90. The molecule has 1 aliphatic rings. The second-order valence-corrected chi connectivity index (χ2v) is 5.27. The first-order valence-electron chi connectivity index (χ1n) is 6.82. The highest BCUT2D eigenvalue weighted by molar-refractivity contribution is 5.98. The molecule has 0 aromatic carbocycles. The summed E-state index contributed by atoms with van der Waals surface area (Å²) in [7, 11) is 5.50. The number of pyridine rings is 1. The van der Waals surface area contributed by atoms with Crippen molar-refractivity contribution in [2.24, 2.45) is 0 Å². The van der Waals surface area contributed by atoms with E-state index >= 15 is 0 Å². The summed E-state index contributed by atoms with van der Waals surface area (Å²) in [5, 5.41) is 2.83. The van der Waals surface area contributed by atoms with Crippen LogP contribution < -0.4 is 5.32 Å². The van der Waals surface area contributed by atoms with Crippen molar-refractivity contribution in [1.29, 1.82) is 0 Å². The number of hydrogen-bond acceptors (Lipinski definition) is 4. The minimum absolute atomic E-state index is 0.161. The van der Waals surface area contributed by atoms with Gasteiger partial charge in [0, 0.05) is 26.7 Å². The summed E-state index contributed by atoms with van der Waals surface area (Å²) in [4.78, 5) is 20.4. The van der Waals surface area contributed by atoms with Crippen LogP contribution in [0.5, 0.6) is 0 Å². The lowest BCUT2D eigenvalue weighted by Crippen LogP contribution is -2.47. The Morgan fingerprint density at radius 3 is 3.00 bits per heavy atom. The monoisotopic (exact) mass is 280 g/mol. The first-order valence-corrected chi connectivity index (χ1v) is 6.82. The average Bonchev–Trinajstić information content (AvgIpc) is 2.45. The molecule has 1 aromatic heterocycles. The Morgan fingerprint density at radius 1 is 1.60 bits per heavy atom. The summed E-state index contributed by atoms with van der Waals surface area (Å²) in [5.74, 6) is -0.282. The molecule has 1 unspecified atom stereocenters. The van der Waals surface area contributed by atoms with Crippen LogP contribution in [0.25, 0.3) is 0 Å². The molecule has 0 aliphatic carbocycles. The Balaban J connectivity index is 2.19. The third kappa shape index (κ3) is 3.07. The zero-order chi connectivity index (χ0) is 14.7. The highest BCUT2D eigenvalue weighted by atomic mass is 19.1. The molecule has 0 radical (unpaired) electrons. The highest BCUT2D eigenvalue weighted by Gasteiger charge is 2.26. The molecule has 1 aliphatic heterocycles. The first-order chi connectivity index (χ1) is 9.52. The van der Waals surface area contributed by atoms with E-state index < -0.39 is 5.82 Å². The number of aromatic nitrogens is 1. The predicted molar refractivity (Wildman–Crippen MR) is 76.4 cm³/mol. The highest BCUT2D eigenvalue weighted by Crippen LogP contribution is 2.19. The maximum Gasteiger partial charge on any atom is 0.257 e. The smallest absolute Gasteiger partial charge is 0.257 e. The molecular weight excluding hydrogens is 259 g/mol. The van der Waals surface area contributed by atoms with Gasteiger partial charge in [-0.3, -0.25) is 4.79 Å². The molecule has 1 N–H and O–H groups in total. The summed E-state index contributed by atoms with van der Waals surface area (Å²) < 4.78 is 13.3. The maximum atomic E-state index is 13.3. The quantitative estimate of drug-likeness (QED) is 0.910. The van der Waals surface area contributed by atoms with Crippen molar-refractivity contribution in [3.63, 3.8) is 0 Å². The van der Waals surface area contributed by atoms with E-state index in [9.17, 15) is 9.18 Å².